The lowest BCUT2D eigenvalue weighted by Crippen LogP contribution is -2.44. The van der Waals surface area contributed by atoms with Crippen LogP contribution in [-0.2, 0) is 4.79 Å². The first-order chi connectivity index (χ1) is 9.25. The van der Waals surface area contributed by atoms with Crippen LogP contribution < -0.4 is 15.8 Å². The largest absolute Gasteiger partial charge is 0.481 e. The van der Waals surface area contributed by atoms with Gasteiger partial charge in [0.1, 0.15) is 0 Å². The lowest BCUT2D eigenvalue weighted by atomic mass is 10.0. The molecule has 1 rings (SSSR count). The SMILES string of the molecule is CCC(C)(C)NC(=O)COc1ccc(C(C)N)cc1F. The molecule has 0 aliphatic carbocycles. The van der Waals surface area contributed by atoms with Crippen LogP contribution in [0.3, 0.4) is 0 Å². The summed E-state index contributed by atoms with van der Waals surface area (Å²) in [5.74, 6) is -0.728. The third-order valence-electron chi connectivity index (χ3n) is 3.20. The highest BCUT2D eigenvalue weighted by Crippen LogP contribution is 2.21. The number of nitrogens with two attached hydrogens (primary N) is 1. The molecular formula is C15H23FN2O2. The van der Waals surface area contributed by atoms with E-state index in [-0.39, 0.29) is 29.8 Å². The van der Waals surface area contributed by atoms with Crippen molar-refractivity contribution in [2.24, 2.45) is 5.73 Å². The van der Waals surface area contributed by atoms with Gasteiger partial charge in [-0.2, -0.15) is 0 Å². The highest BCUT2D eigenvalue weighted by Gasteiger charge is 2.18. The molecule has 20 heavy (non-hydrogen) atoms. The van der Waals surface area contributed by atoms with Crippen LogP contribution in [-0.4, -0.2) is 18.1 Å². The first kappa shape index (κ1) is 16.4. The van der Waals surface area contributed by atoms with E-state index in [2.05, 4.69) is 5.32 Å². The van der Waals surface area contributed by atoms with E-state index in [4.69, 9.17) is 10.5 Å². The van der Waals surface area contributed by atoms with Crippen LogP contribution in [0.1, 0.15) is 45.7 Å². The molecule has 0 aliphatic rings. The van der Waals surface area contributed by atoms with Crippen molar-refractivity contribution in [3.8, 4) is 5.75 Å². The van der Waals surface area contributed by atoms with Crippen LogP contribution in [0.4, 0.5) is 4.39 Å². The van der Waals surface area contributed by atoms with Crippen molar-refractivity contribution in [2.45, 2.75) is 45.7 Å². The first-order valence-electron chi connectivity index (χ1n) is 6.74. The van der Waals surface area contributed by atoms with E-state index in [1.807, 2.05) is 20.8 Å². The number of carbonyl (C=O) groups is 1. The molecule has 1 atom stereocenters. The second kappa shape index (κ2) is 6.70. The summed E-state index contributed by atoms with van der Waals surface area (Å²) in [5, 5.41) is 2.82. The Hall–Kier alpha value is -1.62. The van der Waals surface area contributed by atoms with Crippen LogP contribution in [0, 0.1) is 5.82 Å². The minimum atomic E-state index is -0.512. The van der Waals surface area contributed by atoms with E-state index in [0.717, 1.165) is 6.42 Å². The van der Waals surface area contributed by atoms with E-state index in [1.54, 1.807) is 13.0 Å². The van der Waals surface area contributed by atoms with Crippen LogP contribution >= 0.6 is 0 Å². The van der Waals surface area contributed by atoms with Crippen molar-refractivity contribution in [1.29, 1.82) is 0 Å². The van der Waals surface area contributed by atoms with Crippen molar-refractivity contribution in [3.63, 3.8) is 0 Å². The highest BCUT2D eigenvalue weighted by atomic mass is 19.1. The molecule has 5 heteroatoms. The Morgan fingerprint density at radius 3 is 2.65 bits per heavy atom. The predicted molar refractivity (Wildman–Crippen MR) is 77.0 cm³/mol. The molecule has 0 aliphatic heterocycles. The fraction of sp³-hybridized carbons (Fsp3) is 0.533. The number of amides is 1. The molecule has 0 saturated heterocycles. The van der Waals surface area contributed by atoms with Gasteiger partial charge in [-0.1, -0.05) is 13.0 Å². The standard InChI is InChI=1S/C15H23FN2O2/c1-5-15(3,4)18-14(19)9-20-13-7-6-11(10(2)17)8-12(13)16/h6-8,10H,5,9,17H2,1-4H3,(H,18,19). The molecule has 1 amide bonds. The molecule has 0 aromatic heterocycles. The third-order valence-corrected chi connectivity index (χ3v) is 3.20. The Kier molecular flexibility index (Phi) is 5.51. The molecule has 1 aromatic rings. The molecule has 0 fully saturated rings. The van der Waals surface area contributed by atoms with Gasteiger partial charge in [-0.3, -0.25) is 4.79 Å². The Balaban J connectivity index is 2.60. The molecule has 0 saturated carbocycles. The number of hydrogen-bond donors (Lipinski definition) is 2. The zero-order valence-corrected chi connectivity index (χ0v) is 12.5. The average molecular weight is 282 g/mol. The van der Waals surface area contributed by atoms with Gasteiger partial charge in [0.2, 0.25) is 0 Å². The molecule has 0 heterocycles. The molecule has 1 unspecified atom stereocenters. The summed E-state index contributed by atoms with van der Waals surface area (Å²) < 4.78 is 18.9. The van der Waals surface area contributed by atoms with E-state index >= 15 is 0 Å². The third kappa shape index (κ3) is 4.81. The molecular weight excluding hydrogens is 259 g/mol. The maximum Gasteiger partial charge on any atom is 0.258 e. The zero-order valence-electron chi connectivity index (χ0n) is 12.5. The maximum atomic E-state index is 13.8. The van der Waals surface area contributed by atoms with Gasteiger partial charge in [0, 0.05) is 11.6 Å². The Labute approximate surface area is 119 Å². The van der Waals surface area contributed by atoms with Gasteiger partial charge >= 0.3 is 0 Å². The lowest BCUT2D eigenvalue weighted by Gasteiger charge is -2.24. The summed E-state index contributed by atoms with van der Waals surface area (Å²) in [6.07, 6.45) is 0.802. The minimum absolute atomic E-state index is 0.0545. The second-order valence-corrected chi connectivity index (χ2v) is 5.55. The van der Waals surface area contributed by atoms with E-state index in [0.29, 0.717) is 5.56 Å². The number of rotatable bonds is 6. The van der Waals surface area contributed by atoms with Gasteiger partial charge in [0.25, 0.3) is 5.91 Å². The fourth-order valence-electron chi connectivity index (χ4n) is 1.56. The van der Waals surface area contributed by atoms with Crippen molar-refractivity contribution in [2.75, 3.05) is 6.61 Å². The fourth-order valence-corrected chi connectivity index (χ4v) is 1.56. The molecule has 4 nitrogen and oxygen atoms in total. The van der Waals surface area contributed by atoms with Crippen LogP contribution in [0.5, 0.6) is 5.75 Å². The van der Waals surface area contributed by atoms with Crippen molar-refractivity contribution >= 4 is 5.91 Å². The smallest absolute Gasteiger partial charge is 0.258 e. The molecule has 0 radical (unpaired) electrons. The van der Waals surface area contributed by atoms with Gasteiger partial charge in [-0.25, -0.2) is 4.39 Å². The minimum Gasteiger partial charge on any atom is -0.481 e. The molecule has 0 bridgehead atoms. The number of carbonyl (C=O) groups excluding carboxylic acids is 1. The lowest BCUT2D eigenvalue weighted by molar-refractivity contribution is -0.124. The quantitative estimate of drug-likeness (QED) is 0.842. The number of halogens is 1. The molecule has 112 valence electrons. The summed E-state index contributed by atoms with van der Waals surface area (Å²) >= 11 is 0. The van der Waals surface area contributed by atoms with Crippen molar-refractivity contribution in [1.82, 2.24) is 5.32 Å². The van der Waals surface area contributed by atoms with E-state index in [1.165, 1.54) is 12.1 Å². The first-order valence-corrected chi connectivity index (χ1v) is 6.74. The second-order valence-electron chi connectivity index (χ2n) is 5.55. The monoisotopic (exact) mass is 282 g/mol. The van der Waals surface area contributed by atoms with Gasteiger partial charge < -0.3 is 15.8 Å². The van der Waals surface area contributed by atoms with Crippen LogP contribution in [0.15, 0.2) is 18.2 Å². The Bertz CT molecular complexity index is 473. The predicted octanol–water partition coefficient (Wildman–Crippen LogP) is 2.53. The molecule has 3 N–H and O–H groups in total. The zero-order chi connectivity index (χ0) is 15.3. The highest BCUT2D eigenvalue weighted by molar-refractivity contribution is 5.78. The van der Waals surface area contributed by atoms with E-state index in [9.17, 15) is 9.18 Å². The number of ether oxygens (including phenoxy) is 1. The van der Waals surface area contributed by atoms with E-state index < -0.39 is 5.82 Å². The summed E-state index contributed by atoms with van der Waals surface area (Å²) in [6, 6.07) is 4.27. The van der Waals surface area contributed by atoms with Crippen molar-refractivity contribution in [3.05, 3.63) is 29.6 Å². The summed E-state index contributed by atoms with van der Waals surface area (Å²) in [7, 11) is 0. The van der Waals surface area contributed by atoms with Crippen LogP contribution in [0.2, 0.25) is 0 Å². The van der Waals surface area contributed by atoms with Gasteiger partial charge in [-0.15, -0.1) is 0 Å². The number of hydrogen-bond acceptors (Lipinski definition) is 3. The molecule has 0 spiro atoms. The summed E-state index contributed by atoms with van der Waals surface area (Å²) in [6.45, 7) is 7.38. The number of benzene rings is 1. The Morgan fingerprint density at radius 1 is 1.50 bits per heavy atom. The average Bonchev–Trinajstić information content (AvgIpc) is 2.36. The molecule has 1 aromatic carbocycles. The van der Waals surface area contributed by atoms with Gasteiger partial charge in [0.05, 0.1) is 0 Å². The van der Waals surface area contributed by atoms with Gasteiger partial charge in [0.15, 0.2) is 18.2 Å². The normalized spacial score (nSPS) is 12.9. The topological polar surface area (TPSA) is 64.3 Å². The maximum absolute atomic E-state index is 13.8. The van der Waals surface area contributed by atoms with Crippen molar-refractivity contribution < 1.29 is 13.9 Å². The van der Waals surface area contributed by atoms with Gasteiger partial charge in [-0.05, 0) is 44.9 Å². The van der Waals surface area contributed by atoms with Crippen LogP contribution in [0.25, 0.3) is 0 Å². The number of nitrogens with one attached hydrogen (secondary N) is 1. The summed E-state index contributed by atoms with van der Waals surface area (Å²) in [4.78, 5) is 11.7. The Morgan fingerprint density at radius 2 is 2.15 bits per heavy atom. The summed E-state index contributed by atoms with van der Waals surface area (Å²) in [5.41, 5.74) is 6.06.